The fourth-order valence-corrected chi connectivity index (χ4v) is 0.618. The zero-order valence-electron chi connectivity index (χ0n) is 5.41. The van der Waals surface area contributed by atoms with Gasteiger partial charge in [-0.1, -0.05) is 0 Å². The molecule has 1 aromatic rings. The van der Waals surface area contributed by atoms with Gasteiger partial charge >= 0.3 is 0 Å². The molecule has 0 atom stereocenters. The van der Waals surface area contributed by atoms with Crippen molar-refractivity contribution in [2.24, 2.45) is 4.99 Å². The van der Waals surface area contributed by atoms with Gasteiger partial charge in [0.15, 0.2) is 11.6 Å². The van der Waals surface area contributed by atoms with Crippen LogP contribution in [-0.4, -0.2) is 11.2 Å². The fourth-order valence-electron chi connectivity index (χ4n) is 0.618. The van der Waals surface area contributed by atoms with E-state index in [1.807, 2.05) is 0 Å². The maximum absolute atomic E-state index is 12.5. The van der Waals surface area contributed by atoms with Crippen LogP contribution in [0.1, 0.15) is 0 Å². The molecule has 4 heteroatoms. The SMILES string of the molecule is O=C=Nc1ccc(O)c(F)c1. The van der Waals surface area contributed by atoms with E-state index in [-0.39, 0.29) is 5.69 Å². The minimum absolute atomic E-state index is 0.135. The summed E-state index contributed by atoms with van der Waals surface area (Å²) in [5, 5.41) is 8.70. The van der Waals surface area contributed by atoms with Gasteiger partial charge in [-0.15, -0.1) is 0 Å². The van der Waals surface area contributed by atoms with E-state index in [0.717, 1.165) is 12.1 Å². The third-order valence-corrected chi connectivity index (χ3v) is 1.11. The number of isocyanates is 1. The van der Waals surface area contributed by atoms with Gasteiger partial charge in [0.05, 0.1) is 5.69 Å². The van der Waals surface area contributed by atoms with Gasteiger partial charge < -0.3 is 5.11 Å². The fraction of sp³-hybridized carbons (Fsp3) is 0. The van der Waals surface area contributed by atoms with Crippen LogP contribution in [0.5, 0.6) is 5.75 Å². The van der Waals surface area contributed by atoms with E-state index < -0.39 is 11.6 Å². The number of hydrogen-bond acceptors (Lipinski definition) is 3. The Hall–Kier alpha value is -1.67. The Labute approximate surface area is 61.8 Å². The third-order valence-electron chi connectivity index (χ3n) is 1.11. The lowest BCUT2D eigenvalue weighted by Gasteiger charge is -1.93. The van der Waals surface area contributed by atoms with Gasteiger partial charge in [-0.3, -0.25) is 0 Å². The number of carbonyl (C=O) groups excluding carboxylic acids is 1. The molecule has 11 heavy (non-hydrogen) atoms. The summed E-state index contributed by atoms with van der Waals surface area (Å²) in [6.45, 7) is 0. The molecule has 1 N–H and O–H groups in total. The van der Waals surface area contributed by atoms with Crippen LogP contribution in [0.25, 0.3) is 0 Å². The van der Waals surface area contributed by atoms with Crippen molar-refractivity contribution in [3.05, 3.63) is 24.0 Å². The molecule has 0 saturated heterocycles. The Morgan fingerprint density at radius 2 is 2.27 bits per heavy atom. The number of rotatable bonds is 1. The Bertz CT molecular complexity index is 318. The van der Waals surface area contributed by atoms with Gasteiger partial charge in [0.2, 0.25) is 6.08 Å². The average molecular weight is 153 g/mol. The molecular formula is C7H4FNO2. The van der Waals surface area contributed by atoms with Crippen LogP contribution in [0.2, 0.25) is 0 Å². The van der Waals surface area contributed by atoms with Crippen LogP contribution in [0.3, 0.4) is 0 Å². The zero-order chi connectivity index (χ0) is 8.27. The van der Waals surface area contributed by atoms with Crippen LogP contribution >= 0.6 is 0 Å². The van der Waals surface area contributed by atoms with Gasteiger partial charge in [-0.05, 0) is 12.1 Å². The van der Waals surface area contributed by atoms with Crippen molar-refractivity contribution in [3.8, 4) is 5.75 Å². The van der Waals surface area contributed by atoms with Crippen molar-refractivity contribution in [1.29, 1.82) is 0 Å². The normalized spacial score (nSPS) is 8.82. The highest BCUT2D eigenvalue weighted by molar-refractivity contribution is 5.50. The van der Waals surface area contributed by atoms with Gasteiger partial charge in [0, 0.05) is 6.07 Å². The summed E-state index contributed by atoms with van der Waals surface area (Å²) in [6, 6.07) is 3.37. The predicted molar refractivity (Wildman–Crippen MR) is 35.8 cm³/mol. The highest BCUT2D eigenvalue weighted by Crippen LogP contribution is 2.20. The molecule has 0 radical (unpaired) electrons. The number of phenolic OH excluding ortho intramolecular Hbond substituents is 1. The molecule has 0 aliphatic rings. The van der Waals surface area contributed by atoms with Crippen molar-refractivity contribution in [3.63, 3.8) is 0 Å². The van der Waals surface area contributed by atoms with Crippen molar-refractivity contribution in [1.82, 2.24) is 0 Å². The minimum Gasteiger partial charge on any atom is -0.505 e. The van der Waals surface area contributed by atoms with Crippen LogP contribution in [-0.2, 0) is 4.79 Å². The molecule has 3 nitrogen and oxygen atoms in total. The largest absolute Gasteiger partial charge is 0.505 e. The van der Waals surface area contributed by atoms with Crippen LogP contribution in [0, 0.1) is 5.82 Å². The molecule has 0 aromatic heterocycles. The maximum atomic E-state index is 12.5. The smallest absolute Gasteiger partial charge is 0.240 e. The molecule has 0 heterocycles. The lowest BCUT2D eigenvalue weighted by Crippen LogP contribution is -1.73. The molecule has 56 valence electrons. The number of hydrogen-bond donors (Lipinski definition) is 1. The Morgan fingerprint density at radius 1 is 1.55 bits per heavy atom. The highest BCUT2D eigenvalue weighted by atomic mass is 19.1. The third kappa shape index (κ3) is 1.63. The first-order valence-corrected chi connectivity index (χ1v) is 2.80. The second-order valence-corrected chi connectivity index (χ2v) is 1.84. The molecule has 0 bridgehead atoms. The van der Waals surface area contributed by atoms with Crippen molar-refractivity contribution >= 4 is 11.8 Å². The van der Waals surface area contributed by atoms with Crippen LogP contribution < -0.4 is 0 Å². The number of halogens is 1. The van der Waals surface area contributed by atoms with Gasteiger partial charge in [-0.25, -0.2) is 9.18 Å². The molecule has 0 aliphatic carbocycles. The van der Waals surface area contributed by atoms with E-state index in [1.54, 1.807) is 0 Å². The average Bonchev–Trinajstić information content (AvgIpc) is 1.98. The van der Waals surface area contributed by atoms with Crippen LogP contribution in [0.15, 0.2) is 23.2 Å². The van der Waals surface area contributed by atoms with Gasteiger partial charge in [-0.2, -0.15) is 4.99 Å². The number of nitrogens with zero attached hydrogens (tertiary/aromatic N) is 1. The van der Waals surface area contributed by atoms with Crippen molar-refractivity contribution < 1.29 is 14.3 Å². The molecular weight excluding hydrogens is 149 g/mol. The molecule has 0 amide bonds. The number of aliphatic imine (C=N–C) groups is 1. The first-order chi connectivity index (χ1) is 5.24. The first-order valence-electron chi connectivity index (χ1n) is 2.80. The molecule has 0 unspecified atom stereocenters. The first kappa shape index (κ1) is 7.44. The summed E-state index contributed by atoms with van der Waals surface area (Å²) in [4.78, 5) is 12.8. The molecule has 1 aromatic carbocycles. The Morgan fingerprint density at radius 3 is 2.82 bits per heavy atom. The summed E-state index contributed by atoms with van der Waals surface area (Å²) in [5.41, 5.74) is 0.135. The summed E-state index contributed by atoms with van der Waals surface area (Å²) in [7, 11) is 0. The Balaban J connectivity index is 3.14. The summed E-state index contributed by atoms with van der Waals surface area (Å²) < 4.78 is 12.5. The quantitative estimate of drug-likeness (QED) is 0.491. The maximum Gasteiger partial charge on any atom is 0.240 e. The van der Waals surface area contributed by atoms with E-state index in [4.69, 9.17) is 5.11 Å². The molecule has 1 rings (SSSR count). The molecule has 0 saturated carbocycles. The van der Waals surface area contributed by atoms with Gasteiger partial charge in [0.25, 0.3) is 0 Å². The van der Waals surface area contributed by atoms with Gasteiger partial charge in [0.1, 0.15) is 0 Å². The topological polar surface area (TPSA) is 49.7 Å². The van der Waals surface area contributed by atoms with Crippen LogP contribution in [0.4, 0.5) is 10.1 Å². The second-order valence-electron chi connectivity index (χ2n) is 1.84. The lowest BCUT2D eigenvalue weighted by molar-refractivity contribution is 0.432. The van der Waals surface area contributed by atoms with E-state index in [2.05, 4.69) is 4.99 Å². The van der Waals surface area contributed by atoms with Crippen molar-refractivity contribution in [2.75, 3.05) is 0 Å². The summed E-state index contributed by atoms with van der Waals surface area (Å²) >= 11 is 0. The highest BCUT2D eigenvalue weighted by Gasteiger charge is 1.99. The molecule has 0 fully saturated rings. The molecule has 0 aliphatic heterocycles. The zero-order valence-corrected chi connectivity index (χ0v) is 5.41. The summed E-state index contributed by atoms with van der Waals surface area (Å²) in [5.74, 6) is -1.27. The number of phenols is 1. The van der Waals surface area contributed by atoms with E-state index in [9.17, 15) is 9.18 Å². The lowest BCUT2D eigenvalue weighted by atomic mass is 10.3. The predicted octanol–water partition coefficient (Wildman–Crippen LogP) is 1.50. The van der Waals surface area contributed by atoms with E-state index >= 15 is 0 Å². The number of aromatic hydroxyl groups is 1. The second kappa shape index (κ2) is 2.94. The standard InChI is InChI=1S/C7H4FNO2/c8-6-3-5(9-4-10)1-2-7(6)11/h1-3,11H. The van der Waals surface area contributed by atoms with Crippen molar-refractivity contribution in [2.45, 2.75) is 0 Å². The monoisotopic (exact) mass is 153 g/mol. The minimum atomic E-state index is -0.804. The number of benzene rings is 1. The molecule has 0 spiro atoms. The summed E-state index contributed by atoms with van der Waals surface area (Å²) in [6.07, 6.45) is 1.26. The Kier molecular flexibility index (Phi) is 1.99. The van der Waals surface area contributed by atoms with E-state index in [0.29, 0.717) is 0 Å². The van der Waals surface area contributed by atoms with E-state index in [1.165, 1.54) is 12.1 Å².